The molecule has 9 heteroatoms. The summed E-state index contributed by atoms with van der Waals surface area (Å²) in [6, 6.07) is 8.39. The summed E-state index contributed by atoms with van der Waals surface area (Å²) < 4.78 is 10.2. The SMILES string of the molecule is C=C(Cc1nc(Cc2ccc(CCCC)cc2)no1)C(=O)OC/C(=N/N)NN. The summed E-state index contributed by atoms with van der Waals surface area (Å²) >= 11 is 0. The van der Waals surface area contributed by atoms with Crippen molar-refractivity contribution in [2.24, 2.45) is 16.8 Å². The maximum Gasteiger partial charge on any atom is 0.334 e. The number of aromatic nitrogens is 2. The third kappa shape index (κ3) is 6.51. The van der Waals surface area contributed by atoms with Crippen molar-refractivity contribution in [1.82, 2.24) is 15.6 Å². The first-order chi connectivity index (χ1) is 13.5. The zero-order chi connectivity index (χ0) is 20.4. The van der Waals surface area contributed by atoms with Crippen molar-refractivity contribution in [1.29, 1.82) is 0 Å². The van der Waals surface area contributed by atoms with Crippen molar-refractivity contribution < 1.29 is 14.1 Å². The van der Waals surface area contributed by atoms with E-state index < -0.39 is 5.97 Å². The second-order valence-corrected chi connectivity index (χ2v) is 6.28. The minimum atomic E-state index is -0.626. The largest absolute Gasteiger partial charge is 0.454 e. The van der Waals surface area contributed by atoms with Gasteiger partial charge in [0.05, 0.1) is 6.42 Å². The number of nitrogens with zero attached hydrogens (tertiary/aromatic N) is 3. The van der Waals surface area contributed by atoms with Crippen LogP contribution in [0.1, 0.15) is 42.6 Å². The van der Waals surface area contributed by atoms with Gasteiger partial charge in [-0.25, -0.2) is 10.6 Å². The number of aryl methyl sites for hydroxylation is 1. The number of carbonyl (C=O) groups excluding carboxylic acids is 1. The van der Waals surface area contributed by atoms with Crippen LogP contribution in [0.25, 0.3) is 0 Å². The average Bonchev–Trinajstić information content (AvgIpc) is 3.14. The number of carbonyl (C=O) groups is 1. The van der Waals surface area contributed by atoms with Gasteiger partial charge < -0.3 is 20.5 Å². The van der Waals surface area contributed by atoms with Crippen LogP contribution < -0.4 is 17.1 Å². The lowest BCUT2D eigenvalue weighted by molar-refractivity contribution is -0.137. The molecule has 2 aromatic rings. The first kappa shape index (κ1) is 21.1. The summed E-state index contributed by atoms with van der Waals surface area (Å²) in [4.78, 5) is 16.2. The molecule has 0 radical (unpaired) electrons. The van der Waals surface area contributed by atoms with Crippen molar-refractivity contribution in [3.05, 3.63) is 59.3 Å². The number of esters is 1. The van der Waals surface area contributed by atoms with Crippen molar-refractivity contribution in [2.45, 2.75) is 39.0 Å². The zero-order valence-electron chi connectivity index (χ0n) is 16.0. The van der Waals surface area contributed by atoms with Gasteiger partial charge in [-0.2, -0.15) is 10.1 Å². The highest BCUT2D eigenvalue weighted by molar-refractivity contribution is 5.91. The predicted octanol–water partition coefficient (Wildman–Crippen LogP) is 1.38. The van der Waals surface area contributed by atoms with E-state index in [9.17, 15) is 4.79 Å². The molecule has 0 fully saturated rings. The number of rotatable bonds is 10. The van der Waals surface area contributed by atoms with Gasteiger partial charge in [0.15, 0.2) is 18.3 Å². The van der Waals surface area contributed by atoms with Crippen molar-refractivity contribution in [3.63, 3.8) is 0 Å². The molecule has 1 aromatic carbocycles. The molecule has 0 aliphatic carbocycles. The molecule has 28 heavy (non-hydrogen) atoms. The molecule has 0 saturated heterocycles. The van der Waals surface area contributed by atoms with Crippen LogP contribution in [-0.2, 0) is 28.8 Å². The van der Waals surface area contributed by atoms with Gasteiger partial charge in [-0.15, -0.1) is 0 Å². The third-order valence-corrected chi connectivity index (χ3v) is 4.03. The zero-order valence-corrected chi connectivity index (χ0v) is 16.0. The van der Waals surface area contributed by atoms with Gasteiger partial charge in [0.2, 0.25) is 5.89 Å². The first-order valence-corrected chi connectivity index (χ1v) is 9.03. The third-order valence-electron chi connectivity index (χ3n) is 4.03. The molecule has 2 rings (SSSR count). The molecule has 9 nitrogen and oxygen atoms in total. The van der Waals surface area contributed by atoms with Crippen molar-refractivity contribution >= 4 is 11.8 Å². The molecule has 0 amide bonds. The van der Waals surface area contributed by atoms with Crippen LogP contribution in [-0.4, -0.2) is 28.6 Å². The molecule has 1 aromatic heterocycles. The number of benzene rings is 1. The van der Waals surface area contributed by atoms with E-state index in [1.165, 1.54) is 18.4 Å². The number of hydrogen-bond donors (Lipinski definition) is 3. The fourth-order valence-corrected chi connectivity index (χ4v) is 2.43. The van der Waals surface area contributed by atoms with Gasteiger partial charge in [-0.1, -0.05) is 49.3 Å². The predicted molar refractivity (Wildman–Crippen MR) is 105 cm³/mol. The Morgan fingerprint density at radius 2 is 2.04 bits per heavy atom. The van der Waals surface area contributed by atoms with E-state index in [2.05, 4.69) is 58.4 Å². The lowest BCUT2D eigenvalue weighted by atomic mass is 10.0. The molecule has 150 valence electrons. The summed E-state index contributed by atoms with van der Waals surface area (Å²) in [5.41, 5.74) is 4.80. The Morgan fingerprint density at radius 1 is 1.32 bits per heavy atom. The van der Waals surface area contributed by atoms with Crippen LogP contribution in [0, 0.1) is 0 Å². The Hall–Kier alpha value is -3.20. The Labute approximate surface area is 163 Å². The van der Waals surface area contributed by atoms with E-state index >= 15 is 0 Å². The molecule has 0 unspecified atom stereocenters. The summed E-state index contributed by atoms with van der Waals surface area (Å²) in [6.07, 6.45) is 4.09. The molecule has 0 saturated carbocycles. The fourth-order valence-electron chi connectivity index (χ4n) is 2.43. The van der Waals surface area contributed by atoms with Crippen LogP contribution in [0.15, 0.2) is 46.0 Å². The number of nitrogens with two attached hydrogens (primary N) is 2. The number of hydrazine groups is 1. The number of unbranched alkanes of at least 4 members (excludes halogenated alkanes) is 1. The highest BCUT2D eigenvalue weighted by Crippen LogP contribution is 2.12. The van der Waals surface area contributed by atoms with E-state index in [1.54, 1.807) is 0 Å². The minimum Gasteiger partial charge on any atom is -0.454 e. The number of ether oxygens (including phenoxy) is 1. The maximum atomic E-state index is 11.9. The Bertz CT molecular complexity index is 813. The first-order valence-electron chi connectivity index (χ1n) is 9.03. The smallest absolute Gasteiger partial charge is 0.334 e. The topological polar surface area (TPSA) is 142 Å². The van der Waals surface area contributed by atoms with E-state index in [0.717, 1.165) is 12.0 Å². The standard InChI is InChI=1S/C19H26N6O3/c1-3-4-5-14-6-8-15(9-7-14)11-16-22-18(28-25-16)10-13(2)19(26)27-12-17(23-20)24-21/h6-9H,2-5,10-12,20-21H2,1H3,(H,23,24). The van der Waals surface area contributed by atoms with E-state index in [1.807, 2.05) is 0 Å². The minimum absolute atomic E-state index is 0.0902. The van der Waals surface area contributed by atoms with Gasteiger partial charge in [-0.3, -0.25) is 0 Å². The monoisotopic (exact) mass is 386 g/mol. The van der Waals surface area contributed by atoms with Gasteiger partial charge in [0.1, 0.15) is 0 Å². The van der Waals surface area contributed by atoms with Crippen LogP contribution in [0.2, 0.25) is 0 Å². The maximum absolute atomic E-state index is 11.9. The molecule has 0 atom stereocenters. The normalized spacial score (nSPS) is 11.3. The van der Waals surface area contributed by atoms with Crippen molar-refractivity contribution in [2.75, 3.05) is 6.61 Å². The number of nitrogens with one attached hydrogen (secondary N) is 1. The molecule has 5 N–H and O–H groups in total. The fraction of sp³-hybridized carbons (Fsp3) is 0.368. The Kier molecular flexibility index (Phi) is 8.16. The summed E-state index contributed by atoms with van der Waals surface area (Å²) in [5, 5.41) is 7.27. The average molecular weight is 386 g/mol. The molecule has 0 aliphatic rings. The Morgan fingerprint density at radius 3 is 2.68 bits per heavy atom. The summed E-state index contributed by atoms with van der Waals surface area (Å²) in [6.45, 7) is 5.68. The number of hydrogen-bond acceptors (Lipinski definition) is 8. The van der Waals surface area contributed by atoms with E-state index in [4.69, 9.17) is 20.9 Å². The van der Waals surface area contributed by atoms with Crippen LogP contribution in [0.4, 0.5) is 0 Å². The van der Waals surface area contributed by atoms with Crippen LogP contribution >= 0.6 is 0 Å². The number of amidine groups is 1. The quantitative estimate of drug-likeness (QED) is 0.139. The second kappa shape index (κ2) is 10.8. The Balaban J connectivity index is 1.86. The molecule has 0 bridgehead atoms. The van der Waals surface area contributed by atoms with Gasteiger partial charge in [0, 0.05) is 12.0 Å². The van der Waals surface area contributed by atoms with Gasteiger partial charge in [-0.05, 0) is 24.0 Å². The van der Waals surface area contributed by atoms with Crippen LogP contribution in [0.3, 0.4) is 0 Å². The van der Waals surface area contributed by atoms with Gasteiger partial charge >= 0.3 is 5.97 Å². The summed E-state index contributed by atoms with van der Waals surface area (Å²) in [7, 11) is 0. The highest BCUT2D eigenvalue weighted by atomic mass is 16.5. The molecular formula is C19H26N6O3. The van der Waals surface area contributed by atoms with E-state index in [0.29, 0.717) is 18.1 Å². The lowest BCUT2D eigenvalue weighted by Crippen LogP contribution is -2.35. The molecular weight excluding hydrogens is 360 g/mol. The lowest BCUT2D eigenvalue weighted by Gasteiger charge is -2.06. The van der Waals surface area contributed by atoms with E-state index in [-0.39, 0.29) is 24.4 Å². The molecule has 0 aliphatic heterocycles. The highest BCUT2D eigenvalue weighted by Gasteiger charge is 2.15. The molecule has 0 spiro atoms. The van der Waals surface area contributed by atoms with Crippen molar-refractivity contribution in [3.8, 4) is 0 Å². The van der Waals surface area contributed by atoms with Crippen LogP contribution in [0.5, 0.6) is 0 Å². The second-order valence-electron chi connectivity index (χ2n) is 6.28. The molecule has 1 heterocycles. The number of hydrazone groups is 1. The van der Waals surface area contributed by atoms with Gasteiger partial charge in [0.25, 0.3) is 0 Å². The summed E-state index contributed by atoms with van der Waals surface area (Å²) in [5.74, 6) is 10.6.